The van der Waals surface area contributed by atoms with Crippen LogP contribution in [-0.2, 0) is 9.53 Å². The summed E-state index contributed by atoms with van der Waals surface area (Å²) in [5.41, 5.74) is 4.14. The number of aromatic amines is 1. The molecule has 0 atom stereocenters. The number of anilines is 1. The van der Waals surface area contributed by atoms with Crippen molar-refractivity contribution in [2.45, 2.75) is 6.92 Å². The first-order valence-electron chi connectivity index (χ1n) is 6.06. The number of esters is 1. The highest BCUT2D eigenvalue weighted by Crippen LogP contribution is 2.17. The monoisotopic (exact) mass is 304 g/mol. The molecule has 0 aromatic carbocycles. The van der Waals surface area contributed by atoms with Crippen molar-refractivity contribution < 1.29 is 14.3 Å². The molecule has 22 heavy (non-hydrogen) atoms. The van der Waals surface area contributed by atoms with Gasteiger partial charge < -0.3 is 4.74 Å². The summed E-state index contributed by atoms with van der Waals surface area (Å²) in [7, 11) is 1.23. The molecular weight excluding hydrogens is 292 g/mol. The van der Waals surface area contributed by atoms with Gasteiger partial charge in [-0.15, -0.1) is 0 Å². The smallest absolute Gasteiger partial charge is 0.349 e. The van der Waals surface area contributed by atoms with Crippen LogP contribution in [-0.4, -0.2) is 38.9 Å². The maximum Gasteiger partial charge on any atom is 0.349 e. The second-order valence-electron chi connectivity index (χ2n) is 4.02. The number of methoxy groups -OCH3 is 1. The molecule has 0 aliphatic rings. The van der Waals surface area contributed by atoms with Gasteiger partial charge in [-0.05, 0) is 12.1 Å². The van der Waals surface area contributed by atoms with E-state index in [-0.39, 0.29) is 23.0 Å². The molecule has 1 amide bonds. The molecule has 10 heteroatoms. The molecule has 0 saturated heterocycles. The van der Waals surface area contributed by atoms with E-state index in [2.05, 4.69) is 35.5 Å². The van der Waals surface area contributed by atoms with Gasteiger partial charge in [0, 0.05) is 13.1 Å². The summed E-state index contributed by atoms with van der Waals surface area (Å²) in [6, 6.07) is 3.03. The zero-order valence-electron chi connectivity index (χ0n) is 11.7. The number of hydrogen-bond donors (Lipinski definition) is 3. The Morgan fingerprint density at radius 1 is 1.32 bits per heavy atom. The van der Waals surface area contributed by atoms with Gasteiger partial charge in [-0.3, -0.25) is 25.6 Å². The second-order valence-corrected chi connectivity index (χ2v) is 4.02. The van der Waals surface area contributed by atoms with Crippen molar-refractivity contribution in [1.29, 1.82) is 0 Å². The van der Waals surface area contributed by atoms with Crippen LogP contribution in [0.1, 0.15) is 17.3 Å². The number of hydrogen-bond acceptors (Lipinski definition) is 8. The van der Waals surface area contributed by atoms with Gasteiger partial charge in [-0.2, -0.15) is 9.97 Å². The molecule has 0 unspecified atom stereocenters. The highest BCUT2D eigenvalue weighted by Gasteiger charge is 2.17. The Kier molecular flexibility index (Phi) is 4.41. The van der Waals surface area contributed by atoms with Gasteiger partial charge in [-0.1, -0.05) is 0 Å². The largest absolute Gasteiger partial charge is 0.465 e. The Hall–Kier alpha value is -3.30. The SMILES string of the molecule is COC(=O)c1cccnc1-c1nc(NNC(C)=O)nc(=O)[nH]1. The number of carbonyl (C=O) groups excluding carboxylic acids is 2. The lowest BCUT2D eigenvalue weighted by Gasteiger charge is -2.08. The summed E-state index contributed by atoms with van der Waals surface area (Å²) < 4.78 is 4.65. The van der Waals surface area contributed by atoms with E-state index in [1.54, 1.807) is 6.07 Å². The van der Waals surface area contributed by atoms with Gasteiger partial charge in [0.05, 0.1) is 12.7 Å². The number of nitrogens with one attached hydrogen (secondary N) is 3. The molecule has 2 heterocycles. The molecule has 2 aromatic rings. The number of nitrogens with zero attached hydrogens (tertiary/aromatic N) is 3. The molecule has 0 radical (unpaired) electrons. The fraction of sp³-hybridized carbons (Fsp3) is 0.167. The van der Waals surface area contributed by atoms with Crippen LogP contribution in [0.2, 0.25) is 0 Å². The highest BCUT2D eigenvalue weighted by molar-refractivity contribution is 5.95. The van der Waals surface area contributed by atoms with E-state index in [1.165, 1.54) is 26.3 Å². The van der Waals surface area contributed by atoms with Crippen molar-refractivity contribution in [2.75, 3.05) is 12.5 Å². The van der Waals surface area contributed by atoms with Gasteiger partial charge in [-0.25, -0.2) is 9.59 Å². The average Bonchev–Trinajstić information content (AvgIpc) is 2.51. The number of H-pyrrole nitrogens is 1. The van der Waals surface area contributed by atoms with Crippen LogP contribution in [0.15, 0.2) is 23.1 Å². The lowest BCUT2D eigenvalue weighted by Crippen LogP contribution is -2.29. The molecule has 114 valence electrons. The van der Waals surface area contributed by atoms with Crippen LogP contribution in [0.4, 0.5) is 5.95 Å². The van der Waals surface area contributed by atoms with E-state index in [1.807, 2.05) is 0 Å². The fourth-order valence-corrected chi connectivity index (χ4v) is 1.56. The number of aromatic nitrogens is 4. The predicted molar refractivity (Wildman–Crippen MR) is 74.7 cm³/mol. The van der Waals surface area contributed by atoms with Crippen molar-refractivity contribution in [2.24, 2.45) is 0 Å². The van der Waals surface area contributed by atoms with Gasteiger partial charge in [0.15, 0.2) is 5.82 Å². The predicted octanol–water partition coefficient (Wildman–Crippen LogP) is -0.524. The van der Waals surface area contributed by atoms with Crippen molar-refractivity contribution in [3.8, 4) is 11.5 Å². The summed E-state index contributed by atoms with van der Waals surface area (Å²) in [6.07, 6.45) is 1.43. The molecule has 0 spiro atoms. The molecule has 2 aromatic heterocycles. The van der Waals surface area contributed by atoms with Crippen molar-refractivity contribution in [1.82, 2.24) is 25.4 Å². The first kappa shape index (κ1) is 15.1. The van der Waals surface area contributed by atoms with Crippen LogP contribution in [0.5, 0.6) is 0 Å². The Bertz CT molecular complexity index is 772. The number of rotatable bonds is 4. The van der Waals surface area contributed by atoms with E-state index < -0.39 is 17.6 Å². The van der Waals surface area contributed by atoms with Crippen LogP contribution in [0.25, 0.3) is 11.5 Å². The summed E-state index contributed by atoms with van der Waals surface area (Å²) in [5.74, 6) is -1.15. The first-order chi connectivity index (χ1) is 10.5. The Balaban J connectivity index is 2.47. The van der Waals surface area contributed by atoms with E-state index >= 15 is 0 Å². The van der Waals surface area contributed by atoms with E-state index in [0.29, 0.717) is 0 Å². The molecule has 3 N–H and O–H groups in total. The van der Waals surface area contributed by atoms with Gasteiger partial charge in [0.1, 0.15) is 5.69 Å². The summed E-state index contributed by atoms with van der Waals surface area (Å²) >= 11 is 0. The van der Waals surface area contributed by atoms with E-state index in [4.69, 9.17) is 0 Å². The lowest BCUT2D eigenvalue weighted by molar-refractivity contribution is -0.118. The molecule has 10 nitrogen and oxygen atoms in total. The van der Waals surface area contributed by atoms with Crippen LogP contribution >= 0.6 is 0 Å². The van der Waals surface area contributed by atoms with E-state index in [9.17, 15) is 14.4 Å². The van der Waals surface area contributed by atoms with Crippen LogP contribution < -0.4 is 16.5 Å². The Morgan fingerprint density at radius 2 is 2.09 bits per heavy atom. The standard InChI is InChI=1S/C12H12N6O4/c1-6(19)17-18-11-14-9(15-12(21)16-11)8-7(10(20)22-2)4-3-5-13-8/h3-5H,1-2H3,(H,17,19)(H2,14,15,16,18,21). The third-order valence-electron chi connectivity index (χ3n) is 2.44. The van der Waals surface area contributed by atoms with Gasteiger partial charge in [0.2, 0.25) is 11.9 Å². The molecule has 0 bridgehead atoms. The van der Waals surface area contributed by atoms with Crippen LogP contribution in [0, 0.1) is 0 Å². The Labute approximate surface area is 123 Å². The Morgan fingerprint density at radius 3 is 2.77 bits per heavy atom. The van der Waals surface area contributed by atoms with Gasteiger partial charge >= 0.3 is 11.7 Å². The topological polar surface area (TPSA) is 139 Å². The highest BCUT2D eigenvalue weighted by atomic mass is 16.5. The molecule has 0 fully saturated rings. The number of carbonyl (C=O) groups is 2. The normalized spacial score (nSPS) is 9.91. The maximum absolute atomic E-state index is 11.7. The summed E-state index contributed by atoms with van der Waals surface area (Å²) in [5, 5.41) is 0. The summed E-state index contributed by atoms with van der Waals surface area (Å²) in [6.45, 7) is 1.27. The zero-order chi connectivity index (χ0) is 16.1. The van der Waals surface area contributed by atoms with Gasteiger partial charge in [0.25, 0.3) is 0 Å². The molecular formula is C12H12N6O4. The lowest BCUT2D eigenvalue weighted by atomic mass is 10.2. The number of ether oxygens (including phenoxy) is 1. The van der Waals surface area contributed by atoms with Crippen molar-refractivity contribution >= 4 is 17.8 Å². The van der Waals surface area contributed by atoms with Crippen LogP contribution in [0.3, 0.4) is 0 Å². The molecule has 0 saturated carbocycles. The van der Waals surface area contributed by atoms with Crippen molar-refractivity contribution in [3.63, 3.8) is 0 Å². The van der Waals surface area contributed by atoms with E-state index in [0.717, 1.165) is 0 Å². The minimum Gasteiger partial charge on any atom is -0.465 e. The quantitative estimate of drug-likeness (QED) is 0.506. The minimum absolute atomic E-state index is 0.00820. The second kappa shape index (κ2) is 6.43. The third kappa shape index (κ3) is 3.42. The first-order valence-corrected chi connectivity index (χ1v) is 6.06. The molecule has 0 aliphatic heterocycles. The average molecular weight is 304 g/mol. The molecule has 0 aliphatic carbocycles. The number of hydrazine groups is 1. The summed E-state index contributed by atoms with van der Waals surface area (Å²) in [4.78, 5) is 48.1. The molecule has 2 rings (SSSR count). The third-order valence-corrected chi connectivity index (χ3v) is 2.44. The maximum atomic E-state index is 11.7. The fourth-order valence-electron chi connectivity index (χ4n) is 1.56. The number of pyridine rings is 1. The zero-order valence-corrected chi connectivity index (χ0v) is 11.7. The minimum atomic E-state index is -0.723. The number of amides is 1. The van der Waals surface area contributed by atoms with Crippen molar-refractivity contribution in [3.05, 3.63) is 34.4 Å².